The summed E-state index contributed by atoms with van der Waals surface area (Å²) in [6.45, 7) is 6.26. The Kier molecular flexibility index (Phi) is 4.29. The summed E-state index contributed by atoms with van der Waals surface area (Å²) in [4.78, 5) is 28.4. The lowest BCUT2D eigenvalue weighted by Crippen LogP contribution is -2.45. The minimum atomic E-state index is -0.921. The number of benzene rings is 2. The van der Waals surface area contributed by atoms with E-state index < -0.39 is 5.41 Å². The minimum Gasteiger partial charge on any atom is -0.325 e. The molecule has 2 aromatic rings. The van der Waals surface area contributed by atoms with Crippen LogP contribution in [0.2, 0.25) is 0 Å². The van der Waals surface area contributed by atoms with Crippen LogP contribution in [0.4, 0.5) is 11.4 Å². The summed E-state index contributed by atoms with van der Waals surface area (Å²) in [5.41, 5.74) is 3.12. The summed E-state index contributed by atoms with van der Waals surface area (Å²) in [6, 6.07) is 15.9. The molecule has 27 heavy (non-hydrogen) atoms. The predicted octanol–water partition coefficient (Wildman–Crippen LogP) is 4.51. The van der Waals surface area contributed by atoms with Crippen molar-refractivity contribution in [2.45, 2.75) is 52.0 Å². The number of carbonyl (C=O) groups is 2. The SMILES string of the molecule is CC(C)c1ccccc1NC(=O)C1(C(=O)N2c3ccccc3CC2C)CC1. The fraction of sp³-hybridized carbons (Fsp3) is 0.391. The number of rotatable bonds is 4. The highest BCUT2D eigenvalue weighted by molar-refractivity contribution is 6.18. The third kappa shape index (κ3) is 2.93. The first-order chi connectivity index (χ1) is 12.9. The van der Waals surface area contributed by atoms with E-state index in [-0.39, 0.29) is 17.9 Å². The van der Waals surface area contributed by atoms with E-state index in [2.05, 4.69) is 32.2 Å². The standard InChI is InChI=1S/C23H26N2O2/c1-15(2)18-9-5-6-10-19(18)24-21(26)23(12-13-23)22(27)25-16(3)14-17-8-4-7-11-20(17)25/h4-11,15-16H,12-14H2,1-3H3,(H,24,26). The van der Waals surface area contributed by atoms with E-state index in [1.807, 2.05) is 47.4 Å². The molecule has 1 unspecified atom stereocenters. The number of amides is 2. The number of nitrogens with zero attached hydrogens (tertiary/aromatic N) is 1. The Labute approximate surface area is 160 Å². The fourth-order valence-corrected chi connectivity index (χ4v) is 4.12. The second kappa shape index (κ2) is 6.52. The van der Waals surface area contributed by atoms with E-state index in [0.717, 1.165) is 23.4 Å². The number of para-hydroxylation sites is 2. The monoisotopic (exact) mass is 362 g/mol. The molecular formula is C23H26N2O2. The van der Waals surface area contributed by atoms with Crippen LogP contribution < -0.4 is 10.2 Å². The van der Waals surface area contributed by atoms with Crippen LogP contribution >= 0.6 is 0 Å². The summed E-state index contributed by atoms with van der Waals surface area (Å²) in [6.07, 6.45) is 2.08. The number of hydrogen-bond acceptors (Lipinski definition) is 2. The van der Waals surface area contributed by atoms with Gasteiger partial charge in [0.25, 0.3) is 0 Å². The topological polar surface area (TPSA) is 49.4 Å². The highest BCUT2D eigenvalue weighted by atomic mass is 16.2. The number of hydrogen-bond donors (Lipinski definition) is 1. The average Bonchev–Trinajstić information content (AvgIpc) is 3.39. The van der Waals surface area contributed by atoms with Crippen molar-refractivity contribution in [1.29, 1.82) is 0 Å². The first-order valence-electron chi connectivity index (χ1n) is 9.76. The van der Waals surface area contributed by atoms with Crippen LogP contribution in [0.25, 0.3) is 0 Å². The first-order valence-corrected chi connectivity index (χ1v) is 9.76. The molecular weight excluding hydrogens is 336 g/mol. The second-order valence-corrected chi connectivity index (χ2v) is 8.14. The Morgan fingerprint density at radius 2 is 1.74 bits per heavy atom. The van der Waals surface area contributed by atoms with Gasteiger partial charge in [-0.05, 0) is 55.4 Å². The lowest BCUT2D eigenvalue weighted by atomic mass is 9.99. The van der Waals surface area contributed by atoms with E-state index in [4.69, 9.17) is 0 Å². The van der Waals surface area contributed by atoms with Gasteiger partial charge in [0.15, 0.2) is 0 Å². The third-order valence-electron chi connectivity index (χ3n) is 5.85. The Morgan fingerprint density at radius 3 is 2.44 bits per heavy atom. The van der Waals surface area contributed by atoms with Crippen molar-refractivity contribution in [3.8, 4) is 0 Å². The van der Waals surface area contributed by atoms with Crippen molar-refractivity contribution < 1.29 is 9.59 Å². The molecule has 2 aliphatic rings. The zero-order valence-corrected chi connectivity index (χ0v) is 16.2. The van der Waals surface area contributed by atoms with E-state index in [9.17, 15) is 9.59 Å². The summed E-state index contributed by atoms with van der Waals surface area (Å²) >= 11 is 0. The van der Waals surface area contributed by atoms with Gasteiger partial charge in [-0.15, -0.1) is 0 Å². The van der Waals surface area contributed by atoms with Gasteiger partial charge in [-0.3, -0.25) is 9.59 Å². The van der Waals surface area contributed by atoms with Crippen molar-refractivity contribution >= 4 is 23.2 Å². The average molecular weight is 362 g/mol. The second-order valence-electron chi connectivity index (χ2n) is 8.14. The van der Waals surface area contributed by atoms with Gasteiger partial charge in [0, 0.05) is 17.4 Å². The van der Waals surface area contributed by atoms with Gasteiger partial charge in [0.1, 0.15) is 5.41 Å². The van der Waals surface area contributed by atoms with Gasteiger partial charge in [-0.25, -0.2) is 0 Å². The summed E-state index contributed by atoms with van der Waals surface area (Å²) in [7, 11) is 0. The molecule has 0 aromatic heterocycles. The van der Waals surface area contributed by atoms with Gasteiger partial charge < -0.3 is 10.2 Å². The van der Waals surface area contributed by atoms with Crippen molar-refractivity contribution in [3.05, 3.63) is 59.7 Å². The highest BCUT2D eigenvalue weighted by Gasteiger charge is 2.59. The summed E-state index contributed by atoms with van der Waals surface area (Å²) in [5, 5.41) is 3.05. The van der Waals surface area contributed by atoms with Crippen LogP contribution in [-0.2, 0) is 16.0 Å². The van der Waals surface area contributed by atoms with Crippen LogP contribution in [0.5, 0.6) is 0 Å². The molecule has 0 saturated heterocycles. The zero-order valence-electron chi connectivity index (χ0n) is 16.2. The molecule has 140 valence electrons. The number of fused-ring (bicyclic) bond motifs is 1. The molecule has 0 bridgehead atoms. The van der Waals surface area contributed by atoms with Gasteiger partial charge in [-0.1, -0.05) is 50.2 Å². The lowest BCUT2D eigenvalue weighted by Gasteiger charge is -2.27. The maximum absolute atomic E-state index is 13.4. The molecule has 0 spiro atoms. The molecule has 1 fully saturated rings. The molecule has 4 rings (SSSR count). The van der Waals surface area contributed by atoms with Crippen LogP contribution in [0.15, 0.2) is 48.5 Å². The number of nitrogens with one attached hydrogen (secondary N) is 1. The molecule has 1 N–H and O–H groups in total. The van der Waals surface area contributed by atoms with Crippen molar-refractivity contribution in [2.24, 2.45) is 5.41 Å². The van der Waals surface area contributed by atoms with Gasteiger partial charge in [-0.2, -0.15) is 0 Å². The molecule has 2 aromatic carbocycles. The van der Waals surface area contributed by atoms with Gasteiger partial charge in [0.05, 0.1) is 0 Å². The molecule has 2 amide bonds. The Hall–Kier alpha value is -2.62. The molecule has 1 aliphatic carbocycles. The van der Waals surface area contributed by atoms with Crippen molar-refractivity contribution in [2.75, 3.05) is 10.2 Å². The molecule has 4 heteroatoms. The van der Waals surface area contributed by atoms with Crippen molar-refractivity contribution in [1.82, 2.24) is 0 Å². The zero-order chi connectivity index (χ0) is 19.2. The Morgan fingerprint density at radius 1 is 1.07 bits per heavy atom. The van der Waals surface area contributed by atoms with E-state index >= 15 is 0 Å². The van der Waals surface area contributed by atoms with Crippen molar-refractivity contribution in [3.63, 3.8) is 0 Å². The summed E-state index contributed by atoms with van der Waals surface area (Å²) < 4.78 is 0. The normalized spacial score (nSPS) is 19.7. The minimum absolute atomic E-state index is 0.0560. The Balaban J connectivity index is 1.59. The summed E-state index contributed by atoms with van der Waals surface area (Å²) in [5.74, 6) is 0.0782. The number of anilines is 2. The van der Waals surface area contributed by atoms with E-state index in [1.165, 1.54) is 5.56 Å². The van der Waals surface area contributed by atoms with Gasteiger partial charge in [0.2, 0.25) is 11.8 Å². The van der Waals surface area contributed by atoms with E-state index in [0.29, 0.717) is 18.8 Å². The largest absolute Gasteiger partial charge is 0.325 e. The molecule has 1 saturated carbocycles. The molecule has 1 aliphatic heterocycles. The highest BCUT2D eigenvalue weighted by Crippen LogP contribution is 2.50. The molecule has 1 atom stereocenters. The smallest absolute Gasteiger partial charge is 0.242 e. The van der Waals surface area contributed by atoms with Crippen LogP contribution in [0.3, 0.4) is 0 Å². The van der Waals surface area contributed by atoms with Crippen LogP contribution in [0.1, 0.15) is 50.7 Å². The first kappa shape index (κ1) is 17.8. The van der Waals surface area contributed by atoms with E-state index in [1.54, 1.807) is 0 Å². The maximum Gasteiger partial charge on any atom is 0.242 e. The predicted molar refractivity (Wildman–Crippen MR) is 108 cm³/mol. The lowest BCUT2D eigenvalue weighted by molar-refractivity contribution is -0.132. The maximum atomic E-state index is 13.4. The van der Waals surface area contributed by atoms with Crippen LogP contribution in [0, 0.1) is 5.41 Å². The number of carbonyl (C=O) groups excluding carboxylic acids is 2. The quantitative estimate of drug-likeness (QED) is 0.814. The Bertz CT molecular complexity index is 899. The molecule has 0 radical (unpaired) electrons. The third-order valence-corrected chi connectivity index (χ3v) is 5.85. The molecule has 4 nitrogen and oxygen atoms in total. The van der Waals surface area contributed by atoms with Crippen LogP contribution in [-0.4, -0.2) is 17.9 Å². The fourth-order valence-electron chi connectivity index (χ4n) is 4.12. The molecule has 1 heterocycles. The van der Waals surface area contributed by atoms with Gasteiger partial charge >= 0.3 is 0 Å².